The largest absolute Gasteiger partial charge is 0.386 e. The average Bonchev–Trinajstić information content (AvgIpc) is 2.03. The van der Waals surface area contributed by atoms with Crippen LogP contribution in [0.2, 0.25) is 0 Å². The van der Waals surface area contributed by atoms with Gasteiger partial charge < -0.3 is 4.74 Å². The van der Waals surface area contributed by atoms with Crippen molar-refractivity contribution in [2.45, 2.75) is 33.0 Å². The number of nitrogens with zero attached hydrogens (tertiary/aromatic N) is 1. The van der Waals surface area contributed by atoms with E-state index in [0.29, 0.717) is 6.04 Å². The lowest BCUT2D eigenvalue weighted by Crippen LogP contribution is -2.40. The zero-order chi connectivity index (χ0) is 11.2. The molecule has 0 aliphatic carbocycles. The van der Waals surface area contributed by atoms with E-state index in [9.17, 15) is 13.2 Å². The van der Waals surface area contributed by atoms with Crippen LogP contribution in [-0.4, -0.2) is 43.4 Å². The highest BCUT2D eigenvalue weighted by Crippen LogP contribution is 2.10. The van der Waals surface area contributed by atoms with Gasteiger partial charge in [0.1, 0.15) is 0 Å². The number of rotatable bonds is 1. The second-order valence-corrected chi connectivity index (χ2v) is 3.52. The Morgan fingerprint density at radius 3 is 1.71 bits per heavy atom. The van der Waals surface area contributed by atoms with Gasteiger partial charge in [0.2, 0.25) is 0 Å². The molecule has 0 aromatic carbocycles. The molecule has 0 atom stereocenters. The predicted octanol–water partition coefficient (Wildman–Crippen LogP) is 2.30. The molecular formula is C9H18F3NO. The molecule has 1 fully saturated rings. The summed E-state index contributed by atoms with van der Waals surface area (Å²) in [5.41, 5.74) is 0. The van der Waals surface area contributed by atoms with Crippen molar-refractivity contribution in [1.29, 1.82) is 0 Å². The minimum atomic E-state index is -4.00. The van der Waals surface area contributed by atoms with E-state index < -0.39 is 6.18 Å². The van der Waals surface area contributed by atoms with Crippen LogP contribution in [-0.2, 0) is 4.74 Å². The second-order valence-electron chi connectivity index (χ2n) is 3.52. The first-order valence-corrected chi connectivity index (χ1v) is 4.69. The maximum atomic E-state index is 10.4. The minimum absolute atomic E-state index is 0.188. The normalized spacial score (nSPS) is 19.1. The maximum absolute atomic E-state index is 10.4. The molecule has 0 saturated carbocycles. The van der Waals surface area contributed by atoms with Crippen molar-refractivity contribution < 1.29 is 17.9 Å². The predicted molar refractivity (Wildman–Crippen MR) is 49.3 cm³/mol. The summed E-state index contributed by atoms with van der Waals surface area (Å²) in [6.45, 7) is 8.69. The van der Waals surface area contributed by atoms with Gasteiger partial charge >= 0.3 is 6.18 Å². The molecule has 1 heterocycles. The van der Waals surface area contributed by atoms with E-state index in [-0.39, 0.29) is 6.92 Å². The van der Waals surface area contributed by atoms with Gasteiger partial charge in [-0.15, -0.1) is 0 Å². The van der Waals surface area contributed by atoms with Crippen LogP contribution in [0.25, 0.3) is 0 Å². The van der Waals surface area contributed by atoms with E-state index in [4.69, 9.17) is 4.74 Å². The van der Waals surface area contributed by atoms with Crippen LogP contribution >= 0.6 is 0 Å². The van der Waals surface area contributed by atoms with Crippen molar-refractivity contribution in [2.24, 2.45) is 0 Å². The summed E-state index contributed by atoms with van der Waals surface area (Å²) in [6.07, 6.45) is -4.00. The lowest BCUT2D eigenvalue weighted by molar-refractivity contribution is -0.110. The molecule has 0 spiro atoms. The number of morpholine rings is 1. The Labute approximate surface area is 83.0 Å². The minimum Gasteiger partial charge on any atom is -0.379 e. The van der Waals surface area contributed by atoms with Crippen LogP contribution < -0.4 is 0 Å². The molecule has 1 aliphatic rings. The molecule has 0 radical (unpaired) electrons. The number of ether oxygens (including phenoxy) is 1. The summed E-state index contributed by atoms with van der Waals surface area (Å²) in [5.74, 6) is 0. The Balaban J connectivity index is 0.000000292. The summed E-state index contributed by atoms with van der Waals surface area (Å²) in [4.78, 5) is 2.43. The summed E-state index contributed by atoms with van der Waals surface area (Å²) in [5, 5.41) is 0. The monoisotopic (exact) mass is 213 g/mol. The lowest BCUT2D eigenvalue weighted by Gasteiger charge is -2.29. The fourth-order valence-corrected chi connectivity index (χ4v) is 1.09. The van der Waals surface area contributed by atoms with Crippen molar-refractivity contribution >= 4 is 0 Å². The summed E-state index contributed by atoms with van der Waals surface area (Å²) in [7, 11) is 0. The van der Waals surface area contributed by atoms with E-state index >= 15 is 0 Å². The van der Waals surface area contributed by atoms with E-state index in [2.05, 4.69) is 18.7 Å². The van der Waals surface area contributed by atoms with Crippen molar-refractivity contribution in [3.8, 4) is 0 Å². The van der Waals surface area contributed by atoms with Gasteiger partial charge in [0.15, 0.2) is 0 Å². The average molecular weight is 213 g/mol. The number of halogens is 3. The first-order valence-electron chi connectivity index (χ1n) is 4.69. The molecule has 0 N–H and O–H groups in total. The fraction of sp³-hybridized carbons (Fsp3) is 1.00. The number of hydrogen-bond donors (Lipinski definition) is 0. The van der Waals surface area contributed by atoms with Gasteiger partial charge in [-0.1, -0.05) is 0 Å². The third kappa shape index (κ3) is 9.80. The molecule has 1 aliphatic heterocycles. The van der Waals surface area contributed by atoms with Gasteiger partial charge in [0, 0.05) is 26.1 Å². The van der Waals surface area contributed by atoms with Crippen molar-refractivity contribution in [3.63, 3.8) is 0 Å². The van der Waals surface area contributed by atoms with Crippen LogP contribution in [0.4, 0.5) is 13.2 Å². The number of hydrogen-bond acceptors (Lipinski definition) is 2. The maximum Gasteiger partial charge on any atom is 0.386 e. The second kappa shape index (κ2) is 6.24. The van der Waals surface area contributed by atoms with Crippen molar-refractivity contribution in [2.75, 3.05) is 26.3 Å². The molecule has 14 heavy (non-hydrogen) atoms. The highest BCUT2D eigenvalue weighted by molar-refractivity contribution is 4.64. The van der Waals surface area contributed by atoms with Crippen LogP contribution in [0.1, 0.15) is 20.8 Å². The molecule has 0 bridgehead atoms. The lowest BCUT2D eigenvalue weighted by atomic mass is 10.3. The Morgan fingerprint density at radius 1 is 1.14 bits per heavy atom. The highest BCUT2D eigenvalue weighted by Gasteiger charge is 2.15. The molecule has 0 aromatic rings. The molecule has 1 saturated heterocycles. The fourth-order valence-electron chi connectivity index (χ4n) is 1.09. The Morgan fingerprint density at radius 2 is 1.50 bits per heavy atom. The molecule has 1 rings (SSSR count). The zero-order valence-corrected chi connectivity index (χ0v) is 8.90. The topological polar surface area (TPSA) is 12.5 Å². The van der Waals surface area contributed by atoms with Crippen LogP contribution in [0.3, 0.4) is 0 Å². The van der Waals surface area contributed by atoms with Crippen LogP contribution in [0.5, 0.6) is 0 Å². The molecule has 0 aromatic heterocycles. The molecule has 2 nitrogen and oxygen atoms in total. The van der Waals surface area contributed by atoms with Crippen molar-refractivity contribution in [1.82, 2.24) is 4.90 Å². The number of alkyl halides is 3. The van der Waals surface area contributed by atoms with Gasteiger partial charge in [-0.05, 0) is 13.8 Å². The first-order chi connectivity index (χ1) is 6.30. The Hall–Kier alpha value is -0.290. The molecule has 5 heteroatoms. The quantitative estimate of drug-likeness (QED) is 0.662. The van der Waals surface area contributed by atoms with Crippen molar-refractivity contribution in [3.05, 3.63) is 0 Å². The standard InChI is InChI=1S/C7H15NO.C2H3F3/c1-7(2)8-3-5-9-6-4-8;1-2(3,4)5/h7H,3-6H2,1-2H3;1H3. The van der Waals surface area contributed by atoms with Gasteiger partial charge in [-0.3, -0.25) is 4.90 Å². The van der Waals surface area contributed by atoms with E-state index in [1.165, 1.54) is 0 Å². The summed E-state index contributed by atoms with van der Waals surface area (Å²) in [6, 6.07) is 0.689. The SMILES string of the molecule is CC(C)N1CCOCC1.CC(F)(F)F. The molecule has 0 amide bonds. The Kier molecular flexibility index (Phi) is 6.11. The summed E-state index contributed by atoms with van der Waals surface area (Å²) >= 11 is 0. The Bertz CT molecular complexity index is 135. The third-order valence-corrected chi connectivity index (χ3v) is 1.78. The highest BCUT2D eigenvalue weighted by atomic mass is 19.4. The van der Waals surface area contributed by atoms with E-state index in [0.717, 1.165) is 26.3 Å². The van der Waals surface area contributed by atoms with Gasteiger partial charge in [0.25, 0.3) is 0 Å². The van der Waals surface area contributed by atoms with Crippen LogP contribution in [0.15, 0.2) is 0 Å². The van der Waals surface area contributed by atoms with E-state index in [1.54, 1.807) is 0 Å². The molecule has 86 valence electrons. The van der Waals surface area contributed by atoms with Gasteiger partial charge in [0.05, 0.1) is 13.2 Å². The van der Waals surface area contributed by atoms with Crippen LogP contribution in [0, 0.1) is 0 Å². The molecule has 0 unspecified atom stereocenters. The smallest absolute Gasteiger partial charge is 0.379 e. The van der Waals surface area contributed by atoms with E-state index in [1.807, 2.05) is 0 Å². The first kappa shape index (κ1) is 13.7. The third-order valence-electron chi connectivity index (χ3n) is 1.78. The van der Waals surface area contributed by atoms with Gasteiger partial charge in [-0.2, -0.15) is 13.2 Å². The van der Waals surface area contributed by atoms with Gasteiger partial charge in [-0.25, -0.2) is 0 Å². The summed E-state index contributed by atoms with van der Waals surface area (Å²) < 4.78 is 36.3. The zero-order valence-electron chi connectivity index (χ0n) is 8.90. The molecular weight excluding hydrogens is 195 g/mol.